The molecule has 1 unspecified atom stereocenters. The van der Waals surface area contributed by atoms with Crippen molar-refractivity contribution >= 4 is 40.7 Å². The van der Waals surface area contributed by atoms with Gasteiger partial charge in [-0.1, -0.05) is 23.2 Å². The van der Waals surface area contributed by atoms with Crippen LogP contribution in [0, 0.1) is 0 Å². The van der Waals surface area contributed by atoms with E-state index in [-0.39, 0.29) is 17.9 Å². The number of rotatable bonds is 7. The van der Waals surface area contributed by atoms with Gasteiger partial charge < -0.3 is 10.2 Å². The maximum absolute atomic E-state index is 12.5. The quantitative estimate of drug-likeness (QED) is 0.744. The zero-order valence-corrected chi connectivity index (χ0v) is 17.7. The Morgan fingerprint density at radius 3 is 2.30 bits per heavy atom. The Bertz CT molecular complexity index is 659. The summed E-state index contributed by atoms with van der Waals surface area (Å²) in [4.78, 5) is 30.9. The zero-order chi connectivity index (χ0) is 20.0. The highest BCUT2D eigenvalue weighted by Crippen LogP contribution is 2.25. The molecule has 6 nitrogen and oxygen atoms in total. The van der Waals surface area contributed by atoms with Gasteiger partial charge in [0.15, 0.2) is 0 Å². The second-order valence-corrected chi connectivity index (χ2v) is 7.49. The number of carbonyl (C=O) groups excluding carboxylic acids is 2. The molecule has 2 amide bonds. The van der Waals surface area contributed by atoms with Gasteiger partial charge in [-0.15, -0.1) is 0 Å². The van der Waals surface area contributed by atoms with Gasteiger partial charge in [0.1, 0.15) is 0 Å². The molecular formula is C19H28Cl2N4O2. The minimum Gasteiger partial charge on any atom is -0.342 e. The predicted molar refractivity (Wildman–Crippen MR) is 110 cm³/mol. The van der Waals surface area contributed by atoms with Gasteiger partial charge in [-0.05, 0) is 39.0 Å². The molecule has 1 aromatic carbocycles. The summed E-state index contributed by atoms with van der Waals surface area (Å²) in [6.07, 6.45) is 0. The number of nitrogens with one attached hydrogen (secondary N) is 1. The minimum absolute atomic E-state index is 0.0824. The topological polar surface area (TPSA) is 55.9 Å². The average Bonchev–Trinajstić information content (AvgIpc) is 2.65. The summed E-state index contributed by atoms with van der Waals surface area (Å²) in [5, 5.41) is 3.75. The van der Waals surface area contributed by atoms with Crippen LogP contribution in [0.3, 0.4) is 0 Å². The fraction of sp³-hybridized carbons (Fsp3) is 0.579. The van der Waals surface area contributed by atoms with E-state index < -0.39 is 0 Å². The van der Waals surface area contributed by atoms with Gasteiger partial charge in [0.25, 0.3) is 0 Å². The second-order valence-electron chi connectivity index (χ2n) is 6.67. The van der Waals surface area contributed by atoms with Crippen molar-refractivity contribution in [3.8, 4) is 0 Å². The van der Waals surface area contributed by atoms with E-state index in [1.807, 2.05) is 25.7 Å². The first-order valence-electron chi connectivity index (χ1n) is 9.35. The summed E-state index contributed by atoms with van der Waals surface area (Å²) in [5.41, 5.74) is 0.629. The number of likely N-dealkylation sites (N-methyl/N-ethyl adjacent to an activating group) is 1. The van der Waals surface area contributed by atoms with Gasteiger partial charge in [0.2, 0.25) is 11.8 Å². The van der Waals surface area contributed by atoms with Crippen molar-refractivity contribution in [2.75, 3.05) is 51.1 Å². The lowest BCUT2D eigenvalue weighted by Gasteiger charge is -2.37. The Hall–Kier alpha value is -1.34. The average molecular weight is 415 g/mol. The lowest BCUT2D eigenvalue weighted by atomic mass is 10.2. The number of hydrogen-bond acceptors (Lipinski definition) is 4. The third kappa shape index (κ3) is 6.07. The Morgan fingerprint density at radius 2 is 1.74 bits per heavy atom. The molecule has 0 radical (unpaired) electrons. The first-order valence-corrected chi connectivity index (χ1v) is 10.1. The number of halogens is 2. The van der Waals surface area contributed by atoms with Crippen molar-refractivity contribution in [1.29, 1.82) is 0 Å². The monoisotopic (exact) mass is 414 g/mol. The predicted octanol–water partition coefficient (Wildman–Crippen LogP) is 2.81. The summed E-state index contributed by atoms with van der Waals surface area (Å²) >= 11 is 11.9. The molecule has 2 rings (SSSR count). The summed E-state index contributed by atoms with van der Waals surface area (Å²) in [7, 11) is 0. The molecule has 1 heterocycles. The van der Waals surface area contributed by atoms with Gasteiger partial charge in [-0.2, -0.15) is 0 Å². The highest BCUT2D eigenvalue weighted by molar-refractivity contribution is 6.42. The molecular weight excluding hydrogens is 387 g/mol. The molecule has 0 bridgehead atoms. The number of carbonyl (C=O) groups is 2. The Kier molecular flexibility index (Phi) is 8.35. The molecule has 0 aromatic heterocycles. The van der Waals surface area contributed by atoms with Crippen LogP contribution in [0.15, 0.2) is 18.2 Å². The van der Waals surface area contributed by atoms with E-state index in [9.17, 15) is 9.59 Å². The standard InChI is InChI=1S/C19H28Cl2N4O2/c1-4-24(5-2)18(26)13-23-8-10-25(11-9-23)14(3)19(27)22-15-6-7-16(20)17(21)12-15/h6-7,12,14H,4-5,8-11,13H2,1-3H3,(H,22,27). The fourth-order valence-corrected chi connectivity index (χ4v) is 3.46. The van der Waals surface area contributed by atoms with Crippen molar-refractivity contribution in [3.63, 3.8) is 0 Å². The highest BCUT2D eigenvalue weighted by atomic mass is 35.5. The van der Waals surface area contributed by atoms with Gasteiger partial charge in [0, 0.05) is 45.0 Å². The number of hydrogen-bond donors (Lipinski definition) is 1. The number of benzene rings is 1. The van der Waals surface area contributed by atoms with E-state index in [0.717, 1.165) is 39.3 Å². The number of piperazine rings is 1. The van der Waals surface area contributed by atoms with Gasteiger partial charge in [0.05, 0.1) is 22.6 Å². The molecule has 1 atom stereocenters. The van der Waals surface area contributed by atoms with Crippen molar-refractivity contribution < 1.29 is 9.59 Å². The van der Waals surface area contributed by atoms with Crippen LogP contribution in [0.1, 0.15) is 20.8 Å². The highest BCUT2D eigenvalue weighted by Gasteiger charge is 2.27. The molecule has 1 saturated heterocycles. The van der Waals surface area contributed by atoms with Gasteiger partial charge in [-0.3, -0.25) is 19.4 Å². The smallest absolute Gasteiger partial charge is 0.241 e. The van der Waals surface area contributed by atoms with Gasteiger partial charge >= 0.3 is 0 Å². The van der Waals surface area contributed by atoms with Crippen molar-refractivity contribution in [2.24, 2.45) is 0 Å². The lowest BCUT2D eigenvalue weighted by molar-refractivity contribution is -0.133. The number of anilines is 1. The van der Waals surface area contributed by atoms with Crippen LogP contribution in [0.2, 0.25) is 10.0 Å². The largest absolute Gasteiger partial charge is 0.342 e. The molecule has 0 aliphatic carbocycles. The maximum Gasteiger partial charge on any atom is 0.241 e. The first kappa shape index (κ1) is 22.0. The van der Waals surface area contributed by atoms with Crippen molar-refractivity contribution in [3.05, 3.63) is 28.2 Å². The molecule has 0 spiro atoms. The molecule has 1 aliphatic rings. The summed E-state index contributed by atoms with van der Waals surface area (Å²) in [5.74, 6) is 0.0833. The van der Waals surface area contributed by atoms with E-state index >= 15 is 0 Å². The summed E-state index contributed by atoms with van der Waals surface area (Å²) < 4.78 is 0. The fourth-order valence-electron chi connectivity index (χ4n) is 3.16. The van der Waals surface area contributed by atoms with Crippen LogP contribution >= 0.6 is 23.2 Å². The third-order valence-corrected chi connectivity index (χ3v) is 5.74. The van der Waals surface area contributed by atoms with E-state index in [4.69, 9.17) is 23.2 Å². The molecule has 1 aromatic rings. The van der Waals surface area contributed by atoms with Gasteiger partial charge in [-0.25, -0.2) is 0 Å². The summed E-state index contributed by atoms with van der Waals surface area (Å²) in [6.45, 7) is 10.9. The van der Waals surface area contributed by atoms with E-state index in [0.29, 0.717) is 22.3 Å². The minimum atomic E-state index is -0.264. The Balaban J connectivity index is 1.83. The molecule has 1 N–H and O–H groups in total. The van der Waals surface area contributed by atoms with Crippen molar-refractivity contribution in [1.82, 2.24) is 14.7 Å². The van der Waals surface area contributed by atoms with Crippen LogP contribution in [0.25, 0.3) is 0 Å². The van der Waals surface area contributed by atoms with E-state index in [2.05, 4.69) is 15.1 Å². The zero-order valence-electron chi connectivity index (χ0n) is 16.2. The molecule has 27 heavy (non-hydrogen) atoms. The van der Waals surface area contributed by atoms with Crippen LogP contribution in [0.4, 0.5) is 5.69 Å². The molecule has 1 fully saturated rings. The molecule has 0 saturated carbocycles. The van der Waals surface area contributed by atoms with Crippen molar-refractivity contribution in [2.45, 2.75) is 26.8 Å². The van der Waals surface area contributed by atoms with Crippen LogP contribution in [-0.4, -0.2) is 78.4 Å². The van der Waals surface area contributed by atoms with Crippen LogP contribution < -0.4 is 5.32 Å². The SMILES string of the molecule is CCN(CC)C(=O)CN1CCN(C(C)C(=O)Nc2ccc(Cl)c(Cl)c2)CC1. The lowest BCUT2D eigenvalue weighted by Crippen LogP contribution is -2.54. The van der Waals surface area contributed by atoms with E-state index in [1.165, 1.54) is 0 Å². The Morgan fingerprint density at radius 1 is 1.11 bits per heavy atom. The summed E-state index contributed by atoms with van der Waals surface area (Å²) in [6, 6.07) is 4.77. The Labute approximate surface area is 171 Å². The number of nitrogens with zero attached hydrogens (tertiary/aromatic N) is 3. The maximum atomic E-state index is 12.5. The molecule has 8 heteroatoms. The molecule has 150 valence electrons. The normalized spacial score (nSPS) is 16.8. The number of amides is 2. The second kappa shape index (κ2) is 10.3. The van der Waals surface area contributed by atoms with Crippen LogP contribution in [-0.2, 0) is 9.59 Å². The first-order chi connectivity index (χ1) is 12.8. The van der Waals surface area contributed by atoms with Crippen LogP contribution in [0.5, 0.6) is 0 Å². The van der Waals surface area contributed by atoms with E-state index in [1.54, 1.807) is 18.2 Å². The molecule has 1 aliphatic heterocycles. The third-order valence-electron chi connectivity index (χ3n) is 5.00.